The minimum Gasteiger partial charge on any atom is -0.444 e. The number of hydrogen-bond donors (Lipinski definition) is 2. The van der Waals surface area contributed by atoms with E-state index in [1.165, 1.54) is 11.3 Å². The van der Waals surface area contributed by atoms with Crippen LogP contribution in [0.3, 0.4) is 0 Å². The highest BCUT2D eigenvalue weighted by atomic mass is 16.6. The van der Waals surface area contributed by atoms with Crippen LogP contribution in [-0.2, 0) is 14.3 Å². The fraction of sp³-hybridized carbons (Fsp3) is 0.667. The number of amides is 3. The SMILES string of the molecule is Cc1cccc(C)c1C(C(=O)NC1CCCCC1)N(C)C(=O)C(NC(=O)OC(C)(C)C)C(C)C. The van der Waals surface area contributed by atoms with Gasteiger partial charge in [0.1, 0.15) is 17.7 Å². The van der Waals surface area contributed by atoms with E-state index in [2.05, 4.69) is 10.6 Å². The molecular weight excluding hydrogens is 430 g/mol. The summed E-state index contributed by atoms with van der Waals surface area (Å²) in [6.07, 6.45) is 4.65. The molecule has 190 valence electrons. The van der Waals surface area contributed by atoms with Gasteiger partial charge in [0.15, 0.2) is 0 Å². The molecule has 1 fully saturated rings. The Morgan fingerprint density at radius 1 is 1.03 bits per heavy atom. The van der Waals surface area contributed by atoms with E-state index < -0.39 is 23.8 Å². The number of nitrogens with zero attached hydrogens (tertiary/aromatic N) is 1. The van der Waals surface area contributed by atoms with Crippen LogP contribution in [0.2, 0.25) is 0 Å². The van der Waals surface area contributed by atoms with Gasteiger partial charge in [-0.2, -0.15) is 0 Å². The molecule has 7 nitrogen and oxygen atoms in total. The molecule has 3 amide bonds. The average Bonchev–Trinajstić information content (AvgIpc) is 2.73. The highest BCUT2D eigenvalue weighted by molar-refractivity contribution is 5.92. The summed E-state index contributed by atoms with van der Waals surface area (Å²) >= 11 is 0. The molecule has 0 aliphatic heterocycles. The topological polar surface area (TPSA) is 87.7 Å². The molecule has 1 saturated carbocycles. The standard InChI is InChI=1S/C27H43N3O4/c1-17(2)22(29-26(33)34-27(5,6)7)25(32)30(8)23(21-18(3)13-12-14-19(21)4)24(31)28-20-15-10-9-11-16-20/h12-14,17,20,22-23H,9-11,15-16H2,1-8H3,(H,28,31)(H,29,33). The summed E-state index contributed by atoms with van der Waals surface area (Å²) in [5, 5.41) is 5.93. The maximum Gasteiger partial charge on any atom is 0.408 e. The molecule has 0 bridgehead atoms. The summed E-state index contributed by atoms with van der Waals surface area (Å²) < 4.78 is 5.38. The summed E-state index contributed by atoms with van der Waals surface area (Å²) in [5.74, 6) is -0.699. The first kappa shape index (κ1) is 27.7. The van der Waals surface area contributed by atoms with Crippen LogP contribution in [0.5, 0.6) is 0 Å². The second-order valence-electron chi connectivity index (χ2n) is 10.9. The highest BCUT2D eigenvalue weighted by Gasteiger charge is 2.37. The van der Waals surface area contributed by atoms with Crippen LogP contribution in [0.1, 0.15) is 89.5 Å². The predicted octanol–water partition coefficient (Wildman–Crippen LogP) is 4.80. The first-order chi connectivity index (χ1) is 15.8. The number of alkyl carbamates (subject to hydrolysis) is 1. The zero-order valence-corrected chi connectivity index (χ0v) is 22.2. The molecule has 7 heteroatoms. The summed E-state index contributed by atoms with van der Waals surface area (Å²) in [6, 6.07) is 4.37. The largest absolute Gasteiger partial charge is 0.444 e. The van der Waals surface area contributed by atoms with E-state index in [0.717, 1.165) is 42.4 Å². The van der Waals surface area contributed by atoms with Crippen molar-refractivity contribution in [1.82, 2.24) is 15.5 Å². The van der Waals surface area contributed by atoms with Crippen molar-refractivity contribution in [2.24, 2.45) is 5.92 Å². The van der Waals surface area contributed by atoms with Gasteiger partial charge in [0.25, 0.3) is 0 Å². The molecule has 2 atom stereocenters. The number of likely N-dealkylation sites (N-methyl/N-ethyl adjacent to an activating group) is 1. The van der Waals surface area contributed by atoms with Crippen LogP contribution in [0.15, 0.2) is 18.2 Å². The Kier molecular flexibility index (Phi) is 9.54. The molecule has 0 radical (unpaired) electrons. The van der Waals surface area contributed by atoms with Crippen molar-refractivity contribution < 1.29 is 19.1 Å². The van der Waals surface area contributed by atoms with Crippen molar-refractivity contribution in [2.75, 3.05) is 7.05 Å². The lowest BCUT2D eigenvalue weighted by atomic mass is 9.91. The van der Waals surface area contributed by atoms with Crippen LogP contribution < -0.4 is 10.6 Å². The summed E-state index contributed by atoms with van der Waals surface area (Å²) in [4.78, 5) is 41.3. The van der Waals surface area contributed by atoms with Gasteiger partial charge >= 0.3 is 6.09 Å². The number of carbonyl (C=O) groups is 3. The van der Waals surface area contributed by atoms with Crippen LogP contribution >= 0.6 is 0 Å². The molecule has 0 saturated heterocycles. The smallest absolute Gasteiger partial charge is 0.408 e. The lowest BCUT2D eigenvalue weighted by molar-refractivity contribution is -0.142. The number of aryl methyl sites for hydroxylation is 2. The second-order valence-corrected chi connectivity index (χ2v) is 10.9. The van der Waals surface area contributed by atoms with Gasteiger partial charge in [-0.05, 0) is 70.1 Å². The van der Waals surface area contributed by atoms with Crippen molar-refractivity contribution in [3.8, 4) is 0 Å². The highest BCUT2D eigenvalue weighted by Crippen LogP contribution is 2.29. The van der Waals surface area contributed by atoms with Gasteiger partial charge in [0.2, 0.25) is 11.8 Å². The number of nitrogens with one attached hydrogen (secondary N) is 2. The third-order valence-corrected chi connectivity index (χ3v) is 6.36. The number of rotatable bonds is 7. The number of benzene rings is 1. The summed E-state index contributed by atoms with van der Waals surface area (Å²) in [6.45, 7) is 13.0. The zero-order valence-electron chi connectivity index (χ0n) is 22.2. The Morgan fingerprint density at radius 3 is 2.09 bits per heavy atom. The van der Waals surface area contributed by atoms with E-state index in [1.54, 1.807) is 27.8 Å². The van der Waals surface area contributed by atoms with Gasteiger partial charge in [-0.1, -0.05) is 51.3 Å². The van der Waals surface area contributed by atoms with Gasteiger partial charge < -0.3 is 20.3 Å². The van der Waals surface area contributed by atoms with Crippen molar-refractivity contribution in [3.05, 3.63) is 34.9 Å². The van der Waals surface area contributed by atoms with E-state index in [9.17, 15) is 14.4 Å². The minimum absolute atomic E-state index is 0.123. The van der Waals surface area contributed by atoms with Crippen molar-refractivity contribution in [3.63, 3.8) is 0 Å². The molecule has 34 heavy (non-hydrogen) atoms. The van der Waals surface area contributed by atoms with Crippen LogP contribution in [0.25, 0.3) is 0 Å². The Balaban J connectivity index is 2.36. The van der Waals surface area contributed by atoms with Crippen molar-refractivity contribution in [2.45, 2.75) is 104 Å². The third kappa shape index (κ3) is 7.47. The van der Waals surface area contributed by atoms with Gasteiger partial charge in [-0.25, -0.2) is 4.79 Å². The zero-order chi connectivity index (χ0) is 25.6. The Bertz CT molecular complexity index is 849. The van der Waals surface area contributed by atoms with E-state index in [-0.39, 0.29) is 23.8 Å². The lowest BCUT2D eigenvalue weighted by Gasteiger charge is -2.35. The lowest BCUT2D eigenvalue weighted by Crippen LogP contribution is -2.54. The van der Waals surface area contributed by atoms with Gasteiger partial charge in [-0.3, -0.25) is 9.59 Å². The average molecular weight is 474 g/mol. The maximum atomic E-state index is 13.7. The molecule has 2 rings (SSSR count). The normalized spacial score (nSPS) is 16.5. The molecule has 0 aromatic heterocycles. The summed E-state index contributed by atoms with van der Waals surface area (Å²) in [7, 11) is 1.64. The van der Waals surface area contributed by atoms with E-state index >= 15 is 0 Å². The van der Waals surface area contributed by atoms with Crippen molar-refractivity contribution in [1.29, 1.82) is 0 Å². The minimum atomic E-state index is -0.825. The Labute approximate surface area is 205 Å². The van der Waals surface area contributed by atoms with E-state index in [4.69, 9.17) is 4.74 Å². The molecule has 1 aliphatic rings. The number of ether oxygens (including phenoxy) is 1. The van der Waals surface area contributed by atoms with Crippen LogP contribution in [0.4, 0.5) is 4.79 Å². The monoisotopic (exact) mass is 473 g/mol. The Hall–Kier alpha value is -2.57. The molecule has 0 heterocycles. The van der Waals surface area contributed by atoms with Crippen LogP contribution in [0, 0.1) is 19.8 Å². The van der Waals surface area contributed by atoms with E-state index in [0.29, 0.717) is 0 Å². The molecule has 1 aromatic carbocycles. The molecular formula is C27H43N3O4. The number of hydrogen-bond acceptors (Lipinski definition) is 4. The molecule has 1 aliphatic carbocycles. The quantitative estimate of drug-likeness (QED) is 0.595. The fourth-order valence-corrected chi connectivity index (χ4v) is 4.58. The van der Waals surface area contributed by atoms with Gasteiger partial charge in [0.05, 0.1) is 0 Å². The van der Waals surface area contributed by atoms with E-state index in [1.807, 2.05) is 45.9 Å². The predicted molar refractivity (Wildman–Crippen MR) is 134 cm³/mol. The van der Waals surface area contributed by atoms with Crippen molar-refractivity contribution >= 4 is 17.9 Å². The van der Waals surface area contributed by atoms with Gasteiger partial charge in [-0.15, -0.1) is 0 Å². The molecule has 0 spiro atoms. The molecule has 2 N–H and O–H groups in total. The summed E-state index contributed by atoms with van der Waals surface area (Å²) in [5.41, 5.74) is 2.04. The molecule has 1 aromatic rings. The maximum absolute atomic E-state index is 13.7. The van der Waals surface area contributed by atoms with Crippen LogP contribution in [-0.4, -0.2) is 47.5 Å². The Morgan fingerprint density at radius 2 is 1.59 bits per heavy atom. The second kappa shape index (κ2) is 11.7. The molecule has 2 unspecified atom stereocenters. The first-order valence-electron chi connectivity index (χ1n) is 12.4. The third-order valence-electron chi connectivity index (χ3n) is 6.36. The van der Waals surface area contributed by atoms with Gasteiger partial charge in [0, 0.05) is 13.1 Å². The fourth-order valence-electron chi connectivity index (χ4n) is 4.58. The number of carbonyl (C=O) groups excluding carboxylic acids is 3. The first-order valence-corrected chi connectivity index (χ1v) is 12.4.